The van der Waals surface area contributed by atoms with E-state index in [2.05, 4.69) is 28.1 Å². The lowest BCUT2D eigenvalue weighted by Gasteiger charge is -2.03. The van der Waals surface area contributed by atoms with Crippen molar-refractivity contribution in [2.24, 2.45) is 0 Å². The Hall–Kier alpha value is -1.87. The molecule has 0 aliphatic heterocycles. The highest BCUT2D eigenvalue weighted by Crippen LogP contribution is 2.22. The second-order valence-corrected chi connectivity index (χ2v) is 5.06. The van der Waals surface area contributed by atoms with E-state index in [-0.39, 0.29) is 0 Å². The van der Waals surface area contributed by atoms with Gasteiger partial charge in [-0.3, -0.25) is 0 Å². The van der Waals surface area contributed by atoms with Gasteiger partial charge in [-0.15, -0.1) is 0 Å². The van der Waals surface area contributed by atoms with Gasteiger partial charge in [-0.2, -0.15) is 0 Å². The molecule has 0 radical (unpaired) electrons. The number of rotatable bonds is 4. The van der Waals surface area contributed by atoms with Crippen molar-refractivity contribution in [2.45, 2.75) is 6.42 Å². The molecule has 2 nitrogen and oxygen atoms in total. The van der Waals surface area contributed by atoms with E-state index in [1.807, 2.05) is 36.4 Å². The fourth-order valence-corrected chi connectivity index (χ4v) is 2.04. The molecule has 0 aromatic heterocycles. The highest BCUT2D eigenvalue weighted by atomic mass is 79.9. The lowest BCUT2D eigenvalue weighted by molar-refractivity contribution is -0.131. The molecule has 2 aromatic carbocycles. The zero-order valence-corrected chi connectivity index (χ0v) is 11.8. The minimum Gasteiger partial charge on any atom is -0.478 e. The number of carboxylic acid groups (broad SMARTS) is 1. The highest BCUT2D eigenvalue weighted by molar-refractivity contribution is 9.10. The Bertz CT molecular complexity index is 583. The molecule has 0 saturated heterocycles. The van der Waals surface area contributed by atoms with Crippen LogP contribution in [0.15, 0.2) is 65.2 Å². The number of hydrogen-bond acceptors (Lipinski definition) is 1. The van der Waals surface area contributed by atoms with E-state index in [9.17, 15) is 4.79 Å². The summed E-state index contributed by atoms with van der Waals surface area (Å²) in [5.41, 5.74) is 3.41. The Morgan fingerprint density at radius 1 is 1.00 bits per heavy atom. The highest BCUT2D eigenvalue weighted by Gasteiger charge is 1.98. The first-order chi connectivity index (χ1) is 9.15. The number of allylic oxidation sites excluding steroid dienone is 1. The fraction of sp³-hybridized carbons (Fsp3) is 0.0625. The third kappa shape index (κ3) is 4.07. The molecule has 0 aliphatic rings. The summed E-state index contributed by atoms with van der Waals surface area (Å²) in [5.74, 6) is -0.911. The minimum atomic E-state index is -0.911. The lowest BCUT2D eigenvalue weighted by atomic mass is 10.0. The van der Waals surface area contributed by atoms with Crippen molar-refractivity contribution in [3.63, 3.8) is 0 Å². The van der Waals surface area contributed by atoms with Crippen LogP contribution in [0, 0.1) is 0 Å². The quantitative estimate of drug-likeness (QED) is 0.854. The molecule has 0 saturated carbocycles. The summed E-state index contributed by atoms with van der Waals surface area (Å²) >= 11 is 3.41. The van der Waals surface area contributed by atoms with Crippen LogP contribution in [0.2, 0.25) is 0 Å². The molecule has 0 fully saturated rings. The summed E-state index contributed by atoms with van der Waals surface area (Å²) in [6, 6.07) is 16.3. The van der Waals surface area contributed by atoms with Gasteiger partial charge in [0.15, 0.2) is 0 Å². The van der Waals surface area contributed by atoms with E-state index >= 15 is 0 Å². The zero-order chi connectivity index (χ0) is 13.7. The van der Waals surface area contributed by atoms with Gasteiger partial charge in [0.25, 0.3) is 0 Å². The summed E-state index contributed by atoms with van der Waals surface area (Å²) in [7, 11) is 0. The third-order valence-electron chi connectivity index (χ3n) is 2.75. The van der Waals surface area contributed by atoms with E-state index < -0.39 is 5.97 Å². The number of benzene rings is 2. The molecule has 0 unspecified atom stereocenters. The van der Waals surface area contributed by atoms with E-state index in [1.165, 1.54) is 6.08 Å². The molecule has 0 heterocycles. The summed E-state index contributed by atoms with van der Waals surface area (Å²) in [5, 5.41) is 8.52. The Balaban J connectivity index is 2.10. The predicted molar refractivity (Wildman–Crippen MR) is 80.1 cm³/mol. The number of halogens is 1. The number of carbonyl (C=O) groups is 1. The summed E-state index contributed by atoms with van der Waals surface area (Å²) in [6.07, 6.45) is 3.45. The molecular weight excluding hydrogens is 304 g/mol. The summed E-state index contributed by atoms with van der Waals surface area (Å²) in [6.45, 7) is 0. The van der Waals surface area contributed by atoms with Crippen molar-refractivity contribution in [2.75, 3.05) is 0 Å². The van der Waals surface area contributed by atoms with Gasteiger partial charge in [-0.25, -0.2) is 4.79 Å². The van der Waals surface area contributed by atoms with Crippen LogP contribution in [0.25, 0.3) is 11.1 Å². The van der Waals surface area contributed by atoms with Gasteiger partial charge in [0, 0.05) is 10.5 Å². The monoisotopic (exact) mass is 316 g/mol. The van der Waals surface area contributed by atoms with Crippen LogP contribution in [0.1, 0.15) is 5.56 Å². The van der Waals surface area contributed by atoms with Crippen molar-refractivity contribution in [3.05, 3.63) is 70.7 Å². The molecule has 19 heavy (non-hydrogen) atoms. The van der Waals surface area contributed by atoms with Crippen molar-refractivity contribution >= 4 is 21.9 Å². The maximum atomic E-state index is 10.4. The van der Waals surface area contributed by atoms with E-state index in [0.717, 1.165) is 21.2 Å². The van der Waals surface area contributed by atoms with Gasteiger partial charge in [0.05, 0.1) is 0 Å². The summed E-state index contributed by atoms with van der Waals surface area (Å²) in [4.78, 5) is 10.4. The standard InChI is InChI=1S/C16H13BrO2/c17-15-10-8-14(9-11-15)13-6-4-12(5-7-13)2-1-3-16(18)19/h1,3-11H,2H2,(H,18,19). The molecule has 0 aliphatic carbocycles. The van der Waals surface area contributed by atoms with Crippen molar-refractivity contribution in [1.29, 1.82) is 0 Å². The van der Waals surface area contributed by atoms with E-state index in [4.69, 9.17) is 5.11 Å². The topological polar surface area (TPSA) is 37.3 Å². The van der Waals surface area contributed by atoms with Gasteiger partial charge in [0.1, 0.15) is 0 Å². The summed E-state index contributed by atoms with van der Waals surface area (Å²) < 4.78 is 1.06. The maximum absolute atomic E-state index is 10.4. The first-order valence-corrected chi connectivity index (χ1v) is 6.69. The van der Waals surface area contributed by atoms with E-state index in [1.54, 1.807) is 6.08 Å². The molecule has 1 N–H and O–H groups in total. The van der Waals surface area contributed by atoms with Crippen LogP contribution >= 0.6 is 15.9 Å². The van der Waals surface area contributed by atoms with Gasteiger partial charge in [-0.1, -0.05) is 58.4 Å². The van der Waals surface area contributed by atoms with E-state index in [0.29, 0.717) is 6.42 Å². The van der Waals surface area contributed by atoms with Gasteiger partial charge in [-0.05, 0) is 35.2 Å². The minimum absolute atomic E-state index is 0.632. The fourth-order valence-electron chi connectivity index (χ4n) is 1.77. The number of aliphatic carboxylic acids is 1. The molecule has 0 bridgehead atoms. The molecule has 0 spiro atoms. The first-order valence-electron chi connectivity index (χ1n) is 5.89. The second kappa shape index (κ2) is 6.34. The maximum Gasteiger partial charge on any atom is 0.327 e. The Kier molecular flexibility index (Phi) is 4.53. The second-order valence-electron chi connectivity index (χ2n) is 4.15. The third-order valence-corrected chi connectivity index (χ3v) is 3.27. The molecule has 0 amide bonds. The van der Waals surface area contributed by atoms with Crippen LogP contribution in [-0.4, -0.2) is 11.1 Å². The lowest BCUT2D eigenvalue weighted by Crippen LogP contribution is -1.88. The SMILES string of the molecule is O=C(O)C=CCc1ccc(-c2ccc(Br)cc2)cc1. The first kappa shape index (κ1) is 13.6. The zero-order valence-electron chi connectivity index (χ0n) is 10.2. The van der Waals surface area contributed by atoms with Crippen LogP contribution in [-0.2, 0) is 11.2 Å². The van der Waals surface area contributed by atoms with Gasteiger partial charge in [0.2, 0.25) is 0 Å². The van der Waals surface area contributed by atoms with Crippen LogP contribution in [0.4, 0.5) is 0 Å². The number of carboxylic acids is 1. The average Bonchev–Trinajstić information content (AvgIpc) is 2.40. The predicted octanol–water partition coefficient (Wildman–Crippen LogP) is 4.30. The molecular formula is C16H13BrO2. The average molecular weight is 317 g/mol. The van der Waals surface area contributed by atoms with Gasteiger partial charge >= 0.3 is 5.97 Å². The Labute approximate surface area is 120 Å². The molecule has 2 aromatic rings. The normalized spacial score (nSPS) is 10.8. The molecule has 96 valence electrons. The molecule has 3 heteroatoms. The largest absolute Gasteiger partial charge is 0.478 e. The Morgan fingerprint density at radius 3 is 2.05 bits per heavy atom. The molecule has 2 rings (SSSR count). The van der Waals surface area contributed by atoms with Crippen LogP contribution < -0.4 is 0 Å². The smallest absolute Gasteiger partial charge is 0.327 e. The molecule has 0 atom stereocenters. The number of hydrogen-bond donors (Lipinski definition) is 1. The van der Waals surface area contributed by atoms with Crippen molar-refractivity contribution in [3.8, 4) is 11.1 Å². The van der Waals surface area contributed by atoms with Crippen molar-refractivity contribution in [1.82, 2.24) is 0 Å². The van der Waals surface area contributed by atoms with Crippen molar-refractivity contribution < 1.29 is 9.90 Å². The van der Waals surface area contributed by atoms with Crippen LogP contribution in [0.3, 0.4) is 0 Å². The Morgan fingerprint density at radius 2 is 1.53 bits per heavy atom. The van der Waals surface area contributed by atoms with Crippen LogP contribution in [0.5, 0.6) is 0 Å². The van der Waals surface area contributed by atoms with Gasteiger partial charge < -0.3 is 5.11 Å².